The molecule has 0 amide bonds. The van der Waals surface area contributed by atoms with Gasteiger partial charge in [0.15, 0.2) is 0 Å². The highest BCUT2D eigenvalue weighted by atomic mass is 19.1. The van der Waals surface area contributed by atoms with Crippen molar-refractivity contribution < 1.29 is 28.2 Å². The third-order valence-electron chi connectivity index (χ3n) is 2.04. The number of esters is 1. The van der Waals surface area contributed by atoms with Gasteiger partial charge in [-0.25, -0.2) is 13.6 Å². The Bertz CT molecular complexity index is 547. The Morgan fingerprint density at radius 2 is 1.89 bits per heavy atom. The fraction of sp³-hybridized carbons (Fsp3) is 0.231. The first-order valence-electron chi connectivity index (χ1n) is 5.32. The Kier molecular flexibility index (Phi) is 5.01. The first kappa shape index (κ1) is 14.6. The lowest BCUT2D eigenvalue weighted by molar-refractivity contribution is -0.141. The molecule has 19 heavy (non-hydrogen) atoms. The number of ether oxygens (including phenoxy) is 1. The van der Waals surface area contributed by atoms with Gasteiger partial charge < -0.3 is 9.84 Å². The molecular formula is C13H10F2O4. The number of hydrogen-bond donors (Lipinski definition) is 1. The third kappa shape index (κ3) is 4.07. The minimum atomic E-state index is -1.44. The van der Waals surface area contributed by atoms with E-state index in [0.29, 0.717) is 12.1 Å². The summed E-state index contributed by atoms with van der Waals surface area (Å²) < 4.78 is 31.4. The average Bonchev–Trinajstić information content (AvgIpc) is 2.32. The molecule has 4 nitrogen and oxygen atoms in total. The number of carbonyl (C=O) groups excluding carboxylic acids is 1. The van der Waals surface area contributed by atoms with Crippen LogP contribution in [0.15, 0.2) is 12.1 Å². The van der Waals surface area contributed by atoms with Crippen molar-refractivity contribution in [2.24, 2.45) is 0 Å². The number of rotatable bonds is 3. The Morgan fingerprint density at radius 3 is 2.37 bits per heavy atom. The zero-order valence-electron chi connectivity index (χ0n) is 10.00. The maximum absolute atomic E-state index is 13.4. The SMILES string of the molecule is CCOC(=O)CC#Cc1c(F)cc(C(=O)O)cc1F. The topological polar surface area (TPSA) is 63.6 Å². The number of carboxylic acids is 1. The van der Waals surface area contributed by atoms with E-state index in [1.54, 1.807) is 6.92 Å². The summed E-state index contributed by atoms with van der Waals surface area (Å²) in [6.07, 6.45) is -0.298. The van der Waals surface area contributed by atoms with Gasteiger partial charge in [0.2, 0.25) is 0 Å². The van der Waals surface area contributed by atoms with Crippen molar-refractivity contribution in [1.29, 1.82) is 0 Å². The van der Waals surface area contributed by atoms with E-state index in [0.717, 1.165) is 0 Å². The monoisotopic (exact) mass is 268 g/mol. The van der Waals surface area contributed by atoms with Gasteiger partial charge in [0.05, 0.1) is 17.7 Å². The molecule has 0 bridgehead atoms. The molecule has 0 aliphatic heterocycles. The van der Waals surface area contributed by atoms with Crippen molar-refractivity contribution in [3.8, 4) is 11.8 Å². The lowest BCUT2D eigenvalue weighted by Crippen LogP contribution is -2.02. The summed E-state index contributed by atoms with van der Waals surface area (Å²) in [6.45, 7) is 1.81. The summed E-state index contributed by atoms with van der Waals surface area (Å²) in [7, 11) is 0. The van der Waals surface area contributed by atoms with Crippen LogP contribution < -0.4 is 0 Å². The second-order valence-corrected chi connectivity index (χ2v) is 3.40. The van der Waals surface area contributed by atoms with Gasteiger partial charge in [0.25, 0.3) is 0 Å². The van der Waals surface area contributed by atoms with E-state index in [1.165, 1.54) is 0 Å². The molecule has 0 aliphatic rings. The molecular weight excluding hydrogens is 258 g/mol. The molecule has 1 aromatic rings. The molecule has 0 aliphatic carbocycles. The van der Waals surface area contributed by atoms with Crippen molar-refractivity contribution >= 4 is 11.9 Å². The maximum Gasteiger partial charge on any atom is 0.335 e. The minimum Gasteiger partial charge on any atom is -0.478 e. The predicted molar refractivity (Wildman–Crippen MR) is 61.4 cm³/mol. The summed E-state index contributed by atoms with van der Waals surface area (Å²) in [6, 6.07) is 1.33. The predicted octanol–water partition coefficient (Wildman–Crippen LogP) is 1.97. The van der Waals surface area contributed by atoms with Gasteiger partial charge in [-0.2, -0.15) is 0 Å². The van der Waals surface area contributed by atoms with Gasteiger partial charge in [-0.15, -0.1) is 0 Å². The molecule has 0 heterocycles. The van der Waals surface area contributed by atoms with Crippen LogP contribution in [0, 0.1) is 23.5 Å². The van der Waals surface area contributed by atoms with Crippen molar-refractivity contribution in [2.75, 3.05) is 6.61 Å². The largest absolute Gasteiger partial charge is 0.478 e. The Labute approximate surface area is 108 Å². The number of benzene rings is 1. The lowest BCUT2D eigenvalue weighted by Gasteiger charge is -2.00. The molecule has 0 aromatic heterocycles. The van der Waals surface area contributed by atoms with Crippen molar-refractivity contribution in [2.45, 2.75) is 13.3 Å². The number of halogens is 2. The fourth-order valence-corrected chi connectivity index (χ4v) is 1.23. The van der Waals surface area contributed by atoms with Crippen LogP contribution >= 0.6 is 0 Å². The van der Waals surface area contributed by atoms with E-state index in [2.05, 4.69) is 16.6 Å². The molecule has 1 aromatic carbocycles. The normalized spacial score (nSPS) is 9.42. The second-order valence-electron chi connectivity index (χ2n) is 3.40. The van der Waals surface area contributed by atoms with E-state index in [1.807, 2.05) is 0 Å². The Morgan fingerprint density at radius 1 is 1.32 bits per heavy atom. The van der Waals surface area contributed by atoms with Crippen LogP contribution in [-0.4, -0.2) is 23.7 Å². The average molecular weight is 268 g/mol. The van der Waals surface area contributed by atoms with Crippen LogP contribution in [0.25, 0.3) is 0 Å². The molecule has 0 unspecified atom stereocenters. The molecule has 0 atom stereocenters. The molecule has 1 rings (SSSR count). The van der Waals surface area contributed by atoms with E-state index < -0.39 is 34.7 Å². The number of hydrogen-bond acceptors (Lipinski definition) is 3. The zero-order chi connectivity index (χ0) is 14.4. The van der Waals surface area contributed by atoms with Gasteiger partial charge in [-0.1, -0.05) is 11.8 Å². The van der Waals surface area contributed by atoms with Gasteiger partial charge in [-0.3, -0.25) is 4.79 Å². The van der Waals surface area contributed by atoms with E-state index in [9.17, 15) is 18.4 Å². The zero-order valence-corrected chi connectivity index (χ0v) is 10.00. The second kappa shape index (κ2) is 6.50. The van der Waals surface area contributed by atoms with Gasteiger partial charge in [-0.05, 0) is 19.1 Å². The molecule has 100 valence electrons. The van der Waals surface area contributed by atoms with Crippen LogP contribution in [-0.2, 0) is 9.53 Å². The molecule has 6 heteroatoms. The van der Waals surface area contributed by atoms with E-state index >= 15 is 0 Å². The summed E-state index contributed by atoms with van der Waals surface area (Å²) in [5.74, 6) is 0.189. The molecule has 0 saturated heterocycles. The number of aromatic carboxylic acids is 1. The van der Waals surface area contributed by atoms with E-state index in [-0.39, 0.29) is 13.0 Å². The van der Waals surface area contributed by atoms with Crippen molar-refractivity contribution in [1.82, 2.24) is 0 Å². The van der Waals surface area contributed by atoms with Crippen LogP contribution in [0.5, 0.6) is 0 Å². The van der Waals surface area contributed by atoms with Crippen LogP contribution in [0.4, 0.5) is 8.78 Å². The minimum absolute atomic E-state index is 0.191. The molecule has 0 saturated carbocycles. The van der Waals surface area contributed by atoms with Gasteiger partial charge in [0, 0.05) is 0 Å². The number of carboxylic acid groups (broad SMARTS) is 1. The molecule has 1 N–H and O–H groups in total. The van der Waals surface area contributed by atoms with Crippen molar-refractivity contribution in [3.63, 3.8) is 0 Å². The fourth-order valence-electron chi connectivity index (χ4n) is 1.23. The molecule has 0 spiro atoms. The summed E-state index contributed by atoms with van der Waals surface area (Å²) in [5.41, 5.74) is -1.08. The molecule has 0 fully saturated rings. The van der Waals surface area contributed by atoms with Crippen LogP contribution in [0.2, 0.25) is 0 Å². The van der Waals surface area contributed by atoms with Crippen LogP contribution in [0.1, 0.15) is 29.3 Å². The smallest absolute Gasteiger partial charge is 0.335 e. The first-order valence-corrected chi connectivity index (χ1v) is 5.32. The molecule has 0 radical (unpaired) electrons. The highest BCUT2D eigenvalue weighted by Gasteiger charge is 2.13. The third-order valence-corrected chi connectivity index (χ3v) is 2.04. The summed E-state index contributed by atoms with van der Waals surface area (Å²) in [5, 5.41) is 8.60. The highest BCUT2D eigenvalue weighted by molar-refractivity contribution is 5.87. The first-order chi connectivity index (χ1) is 8.95. The summed E-state index contributed by atoms with van der Waals surface area (Å²) >= 11 is 0. The van der Waals surface area contributed by atoms with Gasteiger partial charge >= 0.3 is 11.9 Å². The van der Waals surface area contributed by atoms with Gasteiger partial charge in [0.1, 0.15) is 18.1 Å². The lowest BCUT2D eigenvalue weighted by atomic mass is 10.1. The standard InChI is InChI=1S/C13H10F2O4/c1-2-19-12(16)5-3-4-9-10(14)6-8(13(17)18)7-11(9)15/h6-7H,2,5H2,1H3,(H,17,18). The van der Waals surface area contributed by atoms with E-state index in [4.69, 9.17) is 5.11 Å². The number of carbonyl (C=O) groups is 2. The quantitative estimate of drug-likeness (QED) is 0.672. The van der Waals surface area contributed by atoms with Crippen LogP contribution in [0.3, 0.4) is 0 Å². The Balaban J connectivity index is 2.94. The van der Waals surface area contributed by atoms with Crippen molar-refractivity contribution in [3.05, 3.63) is 34.9 Å². The Hall–Kier alpha value is -2.42. The highest BCUT2D eigenvalue weighted by Crippen LogP contribution is 2.14. The maximum atomic E-state index is 13.4. The summed E-state index contributed by atoms with van der Waals surface area (Å²) in [4.78, 5) is 21.5.